The van der Waals surface area contributed by atoms with Crippen molar-refractivity contribution in [3.8, 4) is 16.9 Å². The van der Waals surface area contributed by atoms with Crippen molar-refractivity contribution in [1.29, 1.82) is 0 Å². The standard InChI is InChI=1S/C26H36OS/c1-19-12-14-20(15-13-19)24-17-22(26(2,3)4)16-21(25(24)27)18-28-23-10-8-6-5-7-9-11-23/h12-17,23,27H,5-11,18H2,1-4H3. The fourth-order valence-electron chi connectivity index (χ4n) is 3.98. The van der Waals surface area contributed by atoms with Gasteiger partial charge < -0.3 is 5.11 Å². The summed E-state index contributed by atoms with van der Waals surface area (Å²) in [5, 5.41) is 11.9. The number of hydrogen-bond acceptors (Lipinski definition) is 2. The number of phenolic OH excluding ortho intramolecular Hbond substituents is 1. The second kappa shape index (κ2) is 9.39. The highest BCUT2D eigenvalue weighted by Crippen LogP contribution is 2.40. The molecule has 0 heterocycles. The van der Waals surface area contributed by atoms with Crippen LogP contribution in [0.2, 0.25) is 0 Å². The van der Waals surface area contributed by atoms with Gasteiger partial charge in [0.25, 0.3) is 0 Å². The molecule has 28 heavy (non-hydrogen) atoms. The zero-order valence-corrected chi connectivity index (χ0v) is 18.9. The van der Waals surface area contributed by atoms with Crippen molar-refractivity contribution in [1.82, 2.24) is 0 Å². The Morgan fingerprint density at radius 2 is 1.54 bits per heavy atom. The molecule has 0 unspecified atom stereocenters. The largest absolute Gasteiger partial charge is 0.507 e. The molecule has 2 aromatic carbocycles. The number of aryl methyl sites for hydroxylation is 1. The third kappa shape index (κ3) is 5.56. The van der Waals surface area contributed by atoms with E-state index in [2.05, 4.69) is 75.9 Å². The van der Waals surface area contributed by atoms with Crippen molar-refractivity contribution in [2.24, 2.45) is 0 Å². The van der Waals surface area contributed by atoms with Gasteiger partial charge in [0, 0.05) is 22.1 Å². The van der Waals surface area contributed by atoms with Crippen LogP contribution in [-0.4, -0.2) is 10.4 Å². The molecule has 3 rings (SSSR count). The van der Waals surface area contributed by atoms with E-state index in [9.17, 15) is 5.11 Å². The Labute approximate surface area is 176 Å². The minimum Gasteiger partial charge on any atom is -0.507 e. The van der Waals surface area contributed by atoms with Gasteiger partial charge in [-0.2, -0.15) is 11.8 Å². The fraction of sp³-hybridized carbons (Fsp3) is 0.538. The quantitative estimate of drug-likeness (QED) is 0.564. The first-order valence-electron chi connectivity index (χ1n) is 10.9. The number of thioether (sulfide) groups is 1. The summed E-state index contributed by atoms with van der Waals surface area (Å²) >= 11 is 2.05. The zero-order chi connectivity index (χ0) is 20.1. The Morgan fingerprint density at radius 1 is 0.929 bits per heavy atom. The lowest BCUT2D eigenvalue weighted by molar-refractivity contribution is 0.471. The third-order valence-electron chi connectivity index (χ3n) is 5.94. The van der Waals surface area contributed by atoms with Gasteiger partial charge in [0.2, 0.25) is 0 Å². The molecule has 0 aliphatic heterocycles. The monoisotopic (exact) mass is 396 g/mol. The number of rotatable bonds is 4. The van der Waals surface area contributed by atoms with E-state index in [-0.39, 0.29) is 5.41 Å². The molecule has 0 spiro atoms. The molecule has 1 saturated carbocycles. The van der Waals surface area contributed by atoms with Crippen molar-refractivity contribution in [3.63, 3.8) is 0 Å². The molecule has 0 saturated heterocycles. The van der Waals surface area contributed by atoms with Gasteiger partial charge in [-0.05, 0) is 42.4 Å². The Morgan fingerprint density at radius 3 is 2.14 bits per heavy atom. The molecule has 0 atom stereocenters. The van der Waals surface area contributed by atoms with Gasteiger partial charge in [0.1, 0.15) is 5.75 Å². The molecule has 0 radical (unpaired) electrons. The first-order valence-corrected chi connectivity index (χ1v) is 11.9. The Hall–Kier alpha value is -1.41. The SMILES string of the molecule is Cc1ccc(-c2cc(C(C)(C)C)cc(CSC3CCCCCCC3)c2O)cc1. The van der Waals surface area contributed by atoms with Crippen molar-refractivity contribution < 1.29 is 5.11 Å². The van der Waals surface area contributed by atoms with E-state index in [1.165, 1.54) is 56.1 Å². The van der Waals surface area contributed by atoms with E-state index in [1.54, 1.807) is 0 Å². The minimum atomic E-state index is 0.0623. The molecular formula is C26H36OS. The summed E-state index contributed by atoms with van der Waals surface area (Å²) in [6, 6.07) is 12.9. The normalized spacial score (nSPS) is 16.6. The minimum absolute atomic E-state index is 0.0623. The molecular weight excluding hydrogens is 360 g/mol. The smallest absolute Gasteiger partial charge is 0.127 e. The highest BCUT2D eigenvalue weighted by molar-refractivity contribution is 7.99. The molecule has 0 aromatic heterocycles. The molecule has 1 fully saturated rings. The molecule has 1 nitrogen and oxygen atoms in total. The summed E-state index contributed by atoms with van der Waals surface area (Å²) in [7, 11) is 0. The van der Waals surface area contributed by atoms with Crippen LogP contribution in [0.3, 0.4) is 0 Å². The summed E-state index contributed by atoms with van der Waals surface area (Å²) in [6.07, 6.45) is 9.56. The molecule has 152 valence electrons. The molecule has 1 N–H and O–H groups in total. The van der Waals surface area contributed by atoms with Crippen molar-refractivity contribution in [3.05, 3.63) is 53.1 Å². The Bertz CT molecular complexity index is 762. The maximum Gasteiger partial charge on any atom is 0.127 e. The second-order valence-electron chi connectivity index (χ2n) is 9.43. The topological polar surface area (TPSA) is 20.2 Å². The lowest BCUT2D eigenvalue weighted by atomic mass is 9.84. The molecule has 0 bridgehead atoms. The summed E-state index contributed by atoms with van der Waals surface area (Å²) in [4.78, 5) is 0. The van der Waals surface area contributed by atoms with Crippen LogP contribution in [-0.2, 0) is 11.2 Å². The van der Waals surface area contributed by atoms with Crippen LogP contribution >= 0.6 is 11.8 Å². The first kappa shape index (κ1) is 21.3. The lowest BCUT2D eigenvalue weighted by Crippen LogP contribution is -2.12. The van der Waals surface area contributed by atoms with E-state index in [4.69, 9.17) is 0 Å². The number of phenols is 1. The summed E-state index contributed by atoms with van der Waals surface area (Å²) in [5.74, 6) is 1.37. The molecule has 2 heteroatoms. The van der Waals surface area contributed by atoms with Crippen LogP contribution in [0, 0.1) is 6.92 Å². The molecule has 2 aromatic rings. The molecule has 0 amide bonds. The summed E-state index contributed by atoms with van der Waals surface area (Å²) in [6.45, 7) is 8.87. The fourth-order valence-corrected chi connectivity index (χ4v) is 5.29. The lowest BCUT2D eigenvalue weighted by Gasteiger charge is -2.24. The number of hydrogen-bond donors (Lipinski definition) is 1. The van der Waals surface area contributed by atoms with Crippen molar-refractivity contribution >= 4 is 11.8 Å². The van der Waals surface area contributed by atoms with Crippen LogP contribution < -0.4 is 0 Å². The molecule has 1 aliphatic carbocycles. The highest BCUT2D eigenvalue weighted by Gasteiger charge is 2.20. The van der Waals surface area contributed by atoms with Gasteiger partial charge in [-0.1, -0.05) is 88.8 Å². The van der Waals surface area contributed by atoms with E-state index in [0.29, 0.717) is 5.75 Å². The van der Waals surface area contributed by atoms with Crippen LogP contribution in [0.15, 0.2) is 36.4 Å². The molecule has 1 aliphatic rings. The second-order valence-corrected chi connectivity index (χ2v) is 10.7. The van der Waals surface area contributed by atoms with Gasteiger partial charge in [-0.25, -0.2) is 0 Å². The Kier molecular flexibility index (Phi) is 7.15. The van der Waals surface area contributed by atoms with Crippen LogP contribution in [0.25, 0.3) is 11.1 Å². The van der Waals surface area contributed by atoms with E-state index in [1.807, 2.05) is 0 Å². The van der Waals surface area contributed by atoms with E-state index in [0.717, 1.165) is 27.7 Å². The van der Waals surface area contributed by atoms with Crippen LogP contribution in [0.1, 0.15) is 82.4 Å². The summed E-state index contributed by atoms with van der Waals surface area (Å²) < 4.78 is 0. The van der Waals surface area contributed by atoms with Crippen molar-refractivity contribution in [2.45, 2.75) is 89.1 Å². The number of aromatic hydroxyl groups is 1. The number of benzene rings is 2. The van der Waals surface area contributed by atoms with Crippen LogP contribution in [0.5, 0.6) is 5.75 Å². The third-order valence-corrected chi connectivity index (χ3v) is 7.36. The first-order chi connectivity index (χ1) is 13.3. The average Bonchev–Trinajstić information content (AvgIpc) is 2.62. The predicted molar refractivity (Wildman–Crippen MR) is 124 cm³/mol. The van der Waals surface area contributed by atoms with Crippen LogP contribution in [0.4, 0.5) is 0 Å². The zero-order valence-electron chi connectivity index (χ0n) is 18.1. The van der Waals surface area contributed by atoms with Gasteiger partial charge in [-0.15, -0.1) is 0 Å². The van der Waals surface area contributed by atoms with Gasteiger partial charge in [0.05, 0.1) is 0 Å². The van der Waals surface area contributed by atoms with Crippen molar-refractivity contribution in [2.75, 3.05) is 0 Å². The maximum absolute atomic E-state index is 11.1. The van der Waals surface area contributed by atoms with Gasteiger partial charge in [-0.3, -0.25) is 0 Å². The van der Waals surface area contributed by atoms with Gasteiger partial charge >= 0.3 is 0 Å². The van der Waals surface area contributed by atoms with E-state index >= 15 is 0 Å². The predicted octanol–water partition coefficient (Wildman–Crippen LogP) is 8.01. The highest BCUT2D eigenvalue weighted by atomic mass is 32.2. The Balaban J connectivity index is 1.88. The average molecular weight is 397 g/mol. The van der Waals surface area contributed by atoms with E-state index < -0.39 is 0 Å². The summed E-state index contributed by atoms with van der Waals surface area (Å²) in [5.41, 5.74) is 5.78. The maximum atomic E-state index is 11.1. The van der Waals surface area contributed by atoms with Gasteiger partial charge in [0.15, 0.2) is 0 Å².